The van der Waals surface area contributed by atoms with Gasteiger partial charge in [0.25, 0.3) is 0 Å². The third kappa shape index (κ3) is 2.89. The molecule has 0 aliphatic carbocycles. The highest BCUT2D eigenvalue weighted by Crippen LogP contribution is 2.41. The topological polar surface area (TPSA) is 35.2 Å². The maximum atomic E-state index is 6.22. The lowest BCUT2D eigenvalue weighted by molar-refractivity contribution is 0.482. The van der Waals surface area contributed by atoms with E-state index in [9.17, 15) is 0 Å². The number of halogens is 3. The van der Waals surface area contributed by atoms with Gasteiger partial charge in [-0.25, -0.2) is 0 Å². The van der Waals surface area contributed by atoms with Crippen molar-refractivity contribution in [2.45, 2.75) is 0 Å². The van der Waals surface area contributed by atoms with Gasteiger partial charge in [0.2, 0.25) is 0 Å². The number of nitrogen functional groups attached to an aromatic ring is 1. The van der Waals surface area contributed by atoms with Gasteiger partial charge in [-0.1, -0.05) is 35.9 Å². The Balaban J connectivity index is 2.13. The quantitative estimate of drug-likeness (QED) is 0.481. The summed E-state index contributed by atoms with van der Waals surface area (Å²) in [5, 5.41) is 2.62. The number of ether oxygens (including phenoxy) is 1. The van der Waals surface area contributed by atoms with Crippen LogP contribution in [0, 0.1) is 0 Å². The molecule has 5 heteroatoms. The van der Waals surface area contributed by atoms with Gasteiger partial charge in [-0.15, -0.1) is 0 Å². The number of hydrogen-bond acceptors (Lipinski definition) is 2. The molecule has 3 rings (SSSR count). The van der Waals surface area contributed by atoms with Gasteiger partial charge in [-0.3, -0.25) is 0 Å². The van der Waals surface area contributed by atoms with Crippen molar-refractivity contribution in [3.05, 3.63) is 62.5 Å². The average Bonchev–Trinajstić information content (AvgIpc) is 2.45. The van der Waals surface area contributed by atoms with Crippen LogP contribution in [0.5, 0.6) is 11.5 Å². The zero-order chi connectivity index (χ0) is 15.0. The van der Waals surface area contributed by atoms with Crippen LogP contribution >= 0.6 is 43.5 Å². The summed E-state index contributed by atoms with van der Waals surface area (Å²) < 4.78 is 7.63. The Bertz CT molecular complexity index is 813. The van der Waals surface area contributed by atoms with E-state index in [2.05, 4.69) is 31.9 Å². The Kier molecular flexibility index (Phi) is 4.11. The highest BCUT2D eigenvalue weighted by atomic mass is 79.9. The lowest BCUT2D eigenvalue weighted by atomic mass is 10.1. The first-order chi connectivity index (χ1) is 10.1. The van der Waals surface area contributed by atoms with Crippen molar-refractivity contribution in [3.8, 4) is 11.5 Å². The molecule has 0 bridgehead atoms. The first-order valence-corrected chi connectivity index (χ1v) is 8.12. The Labute approximate surface area is 144 Å². The number of nitrogens with two attached hydrogens (primary N) is 1. The number of fused-ring (bicyclic) bond motifs is 1. The maximum Gasteiger partial charge on any atom is 0.155 e. The van der Waals surface area contributed by atoms with Crippen molar-refractivity contribution in [2.24, 2.45) is 0 Å². The molecule has 0 aliphatic heterocycles. The van der Waals surface area contributed by atoms with Crippen molar-refractivity contribution in [1.29, 1.82) is 0 Å². The zero-order valence-electron chi connectivity index (χ0n) is 10.7. The van der Waals surface area contributed by atoms with E-state index < -0.39 is 0 Å². The van der Waals surface area contributed by atoms with Gasteiger partial charge in [0.05, 0.1) is 8.95 Å². The molecule has 0 saturated carbocycles. The van der Waals surface area contributed by atoms with E-state index >= 15 is 0 Å². The summed E-state index contributed by atoms with van der Waals surface area (Å²) in [6.07, 6.45) is 0. The first-order valence-electron chi connectivity index (χ1n) is 6.16. The molecular weight excluding hydrogens is 417 g/mol. The largest absolute Gasteiger partial charge is 0.454 e. The molecule has 2 nitrogen and oxygen atoms in total. The van der Waals surface area contributed by atoms with E-state index in [4.69, 9.17) is 22.1 Å². The molecule has 0 spiro atoms. The molecule has 0 aromatic heterocycles. The van der Waals surface area contributed by atoms with E-state index in [1.54, 1.807) is 12.1 Å². The SMILES string of the molecule is Nc1cc(Br)c(Oc2ccc(Cl)c3ccccc23)c(Br)c1. The van der Waals surface area contributed by atoms with Crippen molar-refractivity contribution in [2.75, 3.05) is 5.73 Å². The molecule has 3 aromatic rings. The fourth-order valence-electron chi connectivity index (χ4n) is 2.11. The molecule has 0 saturated heterocycles. The van der Waals surface area contributed by atoms with Crippen molar-refractivity contribution in [3.63, 3.8) is 0 Å². The summed E-state index contributed by atoms with van der Waals surface area (Å²) in [6, 6.07) is 15.2. The second kappa shape index (κ2) is 5.87. The minimum atomic E-state index is 0.655. The van der Waals surface area contributed by atoms with Gasteiger partial charge >= 0.3 is 0 Å². The molecule has 2 N–H and O–H groups in total. The van der Waals surface area contributed by atoms with Crippen molar-refractivity contribution < 1.29 is 4.74 Å². The van der Waals surface area contributed by atoms with Crippen LogP contribution in [0.15, 0.2) is 57.5 Å². The lowest BCUT2D eigenvalue weighted by Gasteiger charge is -2.13. The Morgan fingerprint density at radius 3 is 2.19 bits per heavy atom. The Hall–Kier alpha value is -1.23. The van der Waals surface area contributed by atoms with E-state index in [0.29, 0.717) is 16.5 Å². The molecule has 0 heterocycles. The monoisotopic (exact) mass is 425 g/mol. The summed E-state index contributed by atoms with van der Waals surface area (Å²) in [4.78, 5) is 0. The van der Waals surface area contributed by atoms with Crippen LogP contribution in [0.3, 0.4) is 0 Å². The summed E-state index contributed by atoms with van der Waals surface area (Å²) >= 11 is 13.2. The number of rotatable bonds is 2. The van der Waals surface area contributed by atoms with Gasteiger partial charge < -0.3 is 10.5 Å². The standard InChI is InChI=1S/C16H10Br2ClNO/c17-12-7-9(20)8-13(18)16(12)21-15-6-5-14(19)10-3-1-2-4-11(10)15/h1-8H,20H2. The summed E-state index contributed by atoms with van der Waals surface area (Å²) in [6.45, 7) is 0. The highest BCUT2D eigenvalue weighted by molar-refractivity contribution is 9.11. The average molecular weight is 428 g/mol. The molecule has 3 aromatic carbocycles. The summed E-state index contributed by atoms with van der Waals surface area (Å²) in [5.41, 5.74) is 6.45. The second-order valence-corrected chi connectivity index (χ2v) is 6.62. The van der Waals surface area contributed by atoms with Gasteiger partial charge in [-0.05, 0) is 56.1 Å². The minimum Gasteiger partial charge on any atom is -0.454 e. The van der Waals surface area contributed by atoms with Crippen LogP contribution in [0.4, 0.5) is 5.69 Å². The van der Waals surface area contributed by atoms with E-state index in [0.717, 1.165) is 25.5 Å². The Morgan fingerprint density at radius 1 is 0.905 bits per heavy atom. The predicted molar refractivity (Wildman–Crippen MR) is 95.3 cm³/mol. The van der Waals surface area contributed by atoms with Crippen LogP contribution < -0.4 is 10.5 Å². The maximum absolute atomic E-state index is 6.22. The molecule has 0 atom stereocenters. The molecule has 106 valence electrons. The second-order valence-electron chi connectivity index (χ2n) is 4.51. The predicted octanol–water partition coefficient (Wildman–Crippen LogP) is 6.39. The highest BCUT2D eigenvalue weighted by Gasteiger charge is 2.12. The van der Waals surface area contributed by atoms with Crippen LogP contribution in [-0.2, 0) is 0 Å². The van der Waals surface area contributed by atoms with Crippen LogP contribution in [0.25, 0.3) is 10.8 Å². The minimum absolute atomic E-state index is 0.655. The van der Waals surface area contributed by atoms with Gasteiger partial charge in [0, 0.05) is 21.5 Å². The van der Waals surface area contributed by atoms with Crippen molar-refractivity contribution >= 4 is 59.9 Å². The summed E-state index contributed by atoms with van der Waals surface area (Å²) in [7, 11) is 0. The van der Waals surface area contributed by atoms with Gasteiger partial charge in [0.1, 0.15) is 5.75 Å². The summed E-state index contributed by atoms with van der Waals surface area (Å²) in [5.74, 6) is 1.41. The number of hydrogen-bond donors (Lipinski definition) is 1. The third-order valence-corrected chi connectivity index (χ3v) is 4.57. The molecule has 0 unspecified atom stereocenters. The fourth-order valence-corrected chi connectivity index (χ4v) is 3.72. The van der Waals surface area contributed by atoms with E-state index in [1.165, 1.54) is 0 Å². The molecule has 0 radical (unpaired) electrons. The first kappa shape index (κ1) is 14.7. The van der Waals surface area contributed by atoms with Gasteiger partial charge in [-0.2, -0.15) is 0 Å². The third-order valence-electron chi connectivity index (χ3n) is 3.06. The zero-order valence-corrected chi connectivity index (χ0v) is 14.7. The van der Waals surface area contributed by atoms with Crippen molar-refractivity contribution in [1.82, 2.24) is 0 Å². The van der Waals surface area contributed by atoms with Crippen LogP contribution in [-0.4, -0.2) is 0 Å². The normalized spacial score (nSPS) is 10.8. The molecule has 0 aliphatic rings. The Morgan fingerprint density at radius 2 is 1.52 bits per heavy atom. The smallest absolute Gasteiger partial charge is 0.155 e. The molecule has 0 amide bonds. The molecular formula is C16H10Br2ClNO. The van der Waals surface area contributed by atoms with E-state index in [1.807, 2.05) is 36.4 Å². The van der Waals surface area contributed by atoms with E-state index in [-0.39, 0.29) is 0 Å². The molecule has 21 heavy (non-hydrogen) atoms. The number of anilines is 1. The van der Waals surface area contributed by atoms with Gasteiger partial charge in [0.15, 0.2) is 5.75 Å². The number of benzene rings is 3. The fraction of sp³-hybridized carbons (Fsp3) is 0. The van der Waals surface area contributed by atoms with Crippen LogP contribution in [0.1, 0.15) is 0 Å². The van der Waals surface area contributed by atoms with Crippen LogP contribution in [0.2, 0.25) is 5.02 Å². The lowest BCUT2D eigenvalue weighted by Crippen LogP contribution is -1.91. The molecule has 0 fully saturated rings.